The third kappa shape index (κ3) is 1.83. The Morgan fingerprint density at radius 2 is 2.10 bits per heavy atom. The van der Waals surface area contributed by atoms with Gasteiger partial charge in [0, 0.05) is 12.4 Å². The molecule has 5 N–H and O–H groups in total. The van der Waals surface area contributed by atoms with Gasteiger partial charge >= 0.3 is 0 Å². The summed E-state index contributed by atoms with van der Waals surface area (Å²) in [4.78, 5) is 2.69. The summed E-state index contributed by atoms with van der Waals surface area (Å²) in [5.41, 5.74) is 0. The van der Waals surface area contributed by atoms with Crippen molar-refractivity contribution >= 4 is 10.0 Å². The van der Waals surface area contributed by atoms with Crippen molar-refractivity contribution in [2.75, 3.05) is 0 Å². The Balaban J connectivity index is 0.000000810. The van der Waals surface area contributed by atoms with Crippen molar-refractivity contribution in [2.45, 2.75) is 4.90 Å². The maximum atomic E-state index is 10.5. The molecule has 0 aliphatic rings. The predicted molar refractivity (Wildman–Crippen MR) is 35.8 cm³/mol. The minimum Gasteiger partial charge on any atom is -0.412 e. The van der Waals surface area contributed by atoms with Crippen molar-refractivity contribution in [3.05, 3.63) is 18.5 Å². The molecule has 0 aliphatic heterocycles. The van der Waals surface area contributed by atoms with E-state index in [-0.39, 0.29) is 10.4 Å². The normalized spacial score (nSPS) is 10.5. The van der Waals surface area contributed by atoms with E-state index in [2.05, 4.69) is 4.98 Å². The highest BCUT2D eigenvalue weighted by atomic mass is 32.2. The largest absolute Gasteiger partial charge is 0.412 e. The predicted octanol–water partition coefficient (Wildman–Crippen LogP) is -1.16. The summed E-state index contributed by atoms with van der Waals surface area (Å²) < 4.78 is 20.9. The number of aromatic amines is 1. The number of nitrogens with two attached hydrogens (primary N) is 1. The molecule has 0 saturated heterocycles. The fraction of sp³-hybridized carbons (Fsp3) is 0. The van der Waals surface area contributed by atoms with Gasteiger partial charge in [0.1, 0.15) is 0 Å². The summed E-state index contributed by atoms with van der Waals surface area (Å²) in [5, 5.41) is 4.75. The quantitative estimate of drug-likeness (QED) is 0.546. The van der Waals surface area contributed by atoms with E-state index < -0.39 is 10.0 Å². The molecule has 6 heteroatoms. The van der Waals surface area contributed by atoms with Crippen molar-refractivity contribution in [1.82, 2.24) is 4.98 Å². The van der Waals surface area contributed by atoms with Gasteiger partial charge in [0.25, 0.3) is 0 Å². The molecular weight excluding hydrogens is 156 g/mol. The summed E-state index contributed by atoms with van der Waals surface area (Å²) in [7, 11) is -3.49. The molecule has 1 aromatic heterocycles. The number of rotatable bonds is 1. The first-order chi connectivity index (χ1) is 4.11. The van der Waals surface area contributed by atoms with Crippen molar-refractivity contribution < 1.29 is 13.9 Å². The second-order valence-corrected chi connectivity index (χ2v) is 3.15. The van der Waals surface area contributed by atoms with Gasteiger partial charge in [-0.05, 0) is 6.07 Å². The maximum absolute atomic E-state index is 10.5. The Morgan fingerprint density at radius 3 is 2.30 bits per heavy atom. The Labute approximate surface area is 58.2 Å². The van der Waals surface area contributed by atoms with Crippen molar-refractivity contribution in [3.8, 4) is 0 Å². The van der Waals surface area contributed by atoms with Gasteiger partial charge in [-0.15, -0.1) is 0 Å². The van der Waals surface area contributed by atoms with Gasteiger partial charge in [-0.25, -0.2) is 13.6 Å². The molecule has 0 fully saturated rings. The molecule has 1 aromatic rings. The number of sulfonamides is 1. The number of nitrogens with one attached hydrogen (secondary N) is 1. The monoisotopic (exact) mass is 164 g/mol. The van der Waals surface area contributed by atoms with Crippen molar-refractivity contribution in [3.63, 3.8) is 0 Å². The van der Waals surface area contributed by atoms with Crippen LogP contribution in [0.5, 0.6) is 0 Å². The van der Waals surface area contributed by atoms with Crippen LogP contribution in [-0.4, -0.2) is 18.9 Å². The first-order valence-electron chi connectivity index (χ1n) is 2.26. The van der Waals surface area contributed by atoms with Gasteiger partial charge in [-0.1, -0.05) is 0 Å². The lowest BCUT2D eigenvalue weighted by Crippen LogP contribution is -2.10. The lowest BCUT2D eigenvalue weighted by atomic mass is 10.7. The SMILES string of the molecule is NS(=O)(=O)c1cc[nH]c1.O. The summed E-state index contributed by atoms with van der Waals surface area (Å²) in [5.74, 6) is 0. The molecule has 5 nitrogen and oxygen atoms in total. The molecule has 0 atom stereocenters. The molecule has 0 unspecified atom stereocenters. The number of H-pyrrole nitrogens is 1. The van der Waals surface area contributed by atoms with E-state index in [1.165, 1.54) is 18.5 Å². The van der Waals surface area contributed by atoms with Crippen LogP contribution in [0.3, 0.4) is 0 Å². The molecule has 0 bridgehead atoms. The zero-order valence-corrected chi connectivity index (χ0v) is 5.85. The molecule has 0 amide bonds. The number of primary sulfonamides is 1. The zero-order valence-electron chi connectivity index (χ0n) is 5.03. The molecule has 0 aromatic carbocycles. The third-order valence-corrected chi connectivity index (χ3v) is 1.81. The fourth-order valence-corrected chi connectivity index (χ4v) is 0.976. The van der Waals surface area contributed by atoms with Crippen molar-refractivity contribution in [2.24, 2.45) is 5.14 Å². The van der Waals surface area contributed by atoms with E-state index in [0.717, 1.165) is 0 Å². The molecule has 1 rings (SSSR count). The summed E-state index contributed by atoms with van der Waals surface area (Å²) in [6.07, 6.45) is 2.83. The van der Waals surface area contributed by atoms with Gasteiger partial charge in [0.15, 0.2) is 0 Å². The Hall–Kier alpha value is -0.850. The average molecular weight is 164 g/mol. The zero-order chi connectivity index (χ0) is 6.91. The van der Waals surface area contributed by atoms with Crippen LogP contribution in [0.4, 0.5) is 0 Å². The van der Waals surface area contributed by atoms with Crippen LogP contribution < -0.4 is 5.14 Å². The minimum absolute atomic E-state index is 0. The van der Waals surface area contributed by atoms with Crippen LogP contribution in [0.15, 0.2) is 23.4 Å². The van der Waals surface area contributed by atoms with Gasteiger partial charge in [0.2, 0.25) is 10.0 Å². The van der Waals surface area contributed by atoms with Gasteiger partial charge in [0.05, 0.1) is 4.90 Å². The van der Waals surface area contributed by atoms with E-state index in [4.69, 9.17) is 5.14 Å². The summed E-state index contributed by atoms with van der Waals surface area (Å²) in [6, 6.07) is 1.40. The first-order valence-corrected chi connectivity index (χ1v) is 3.81. The highest BCUT2D eigenvalue weighted by Gasteiger charge is 2.05. The third-order valence-electron chi connectivity index (χ3n) is 0.898. The fourth-order valence-electron chi connectivity index (χ4n) is 0.486. The van der Waals surface area contributed by atoms with Crippen molar-refractivity contribution in [1.29, 1.82) is 0 Å². The Kier molecular flexibility index (Phi) is 2.58. The minimum atomic E-state index is -3.49. The van der Waals surface area contributed by atoms with Gasteiger partial charge in [-0.3, -0.25) is 0 Å². The van der Waals surface area contributed by atoms with E-state index in [1.807, 2.05) is 0 Å². The molecular formula is C4H8N2O3S. The second kappa shape index (κ2) is 2.82. The van der Waals surface area contributed by atoms with E-state index in [0.29, 0.717) is 0 Å². The van der Waals surface area contributed by atoms with Crippen LogP contribution in [0.2, 0.25) is 0 Å². The summed E-state index contributed by atoms with van der Waals surface area (Å²) >= 11 is 0. The molecule has 58 valence electrons. The first kappa shape index (κ1) is 9.15. The Bertz CT molecular complexity index is 275. The average Bonchev–Trinajstić information content (AvgIpc) is 2.08. The van der Waals surface area contributed by atoms with Gasteiger partial charge in [-0.2, -0.15) is 0 Å². The Morgan fingerprint density at radius 1 is 1.50 bits per heavy atom. The van der Waals surface area contributed by atoms with Crippen LogP contribution in [0, 0.1) is 0 Å². The van der Waals surface area contributed by atoms with Crippen LogP contribution >= 0.6 is 0 Å². The summed E-state index contributed by atoms with van der Waals surface area (Å²) in [6.45, 7) is 0. The molecule has 0 aliphatic carbocycles. The van der Waals surface area contributed by atoms with Crippen LogP contribution in [0.25, 0.3) is 0 Å². The number of aromatic nitrogens is 1. The topological polar surface area (TPSA) is 107 Å². The molecule has 0 spiro atoms. The number of hydrogen-bond donors (Lipinski definition) is 2. The molecule has 10 heavy (non-hydrogen) atoms. The smallest absolute Gasteiger partial charge is 0.239 e. The lowest BCUT2D eigenvalue weighted by molar-refractivity contribution is 0.598. The molecule has 0 radical (unpaired) electrons. The maximum Gasteiger partial charge on any atom is 0.239 e. The standard InChI is InChI=1S/C4H6N2O2S.H2O/c5-9(7,8)4-1-2-6-3-4;/h1-3,6H,(H2,5,7,8);1H2. The van der Waals surface area contributed by atoms with E-state index >= 15 is 0 Å². The highest BCUT2D eigenvalue weighted by Crippen LogP contribution is 2.01. The molecule has 0 saturated carbocycles. The lowest BCUT2D eigenvalue weighted by Gasteiger charge is -1.86. The molecule has 1 heterocycles. The van der Waals surface area contributed by atoms with E-state index in [1.54, 1.807) is 0 Å². The number of hydrogen-bond acceptors (Lipinski definition) is 2. The van der Waals surface area contributed by atoms with E-state index in [9.17, 15) is 8.42 Å². The van der Waals surface area contributed by atoms with Gasteiger partial charge < -0.3 is 10.5 Å². The highest BCUT2D eigenvalue weighted by molar-refractivity contribution is 7.89. The van der Waals surface area contributed by atoms with Crippen LogP contribution in [0.1, 0.15) is 0 Å². The van der Waals surface area contributed by atoms with Crippen LogP contribution in [-0.2, 0) is 10.0 Å². The second-order valence-electron chi connectivity index (χ2n) is 1.59.